The fraction of sp³-hybridized carbons (Fsp3) is 1.00. The number of nitrogens with one attached hydrogen (secondary N) is 1. The van der Waals surface area contributed by atoms with E-state index in [9.17, 15) is 8.42 Å². The maximum absolute atomic E-state index is 11.6. The van der Waals surface area contributed by atoms with Crippen molar-refractivity contribution in [3.8, 4) is 0 Å². The highest BCUT2D eigenvalue weighted by Crippen LogP contribution is 2.29. The number of sulfonamides is 1. The van der Waals surface area contributed by atoms with E-state index in [0.29, 0.717) is 12.6 Å². The van der Waals surface area contributed by atoms with Crippen LogP contribution < -0.4 is 5.32 Å². The van der Waals surface area contributed by atoms with Crippen LogP contribution in [0.5, 0.6) is 0 Å². The summed E-state index contributed by atoms with van der Waals surface area (Å²) >= 11 is 0. The maximum Gasteiger partial charge on any atom is 0.214 e. The van der Waals surface area contributed by atoms with E-state index in [1.54, 1.807) is 14.1 Å². The van der Waals surface area contributed by atoms with Gasteiger partial charge in [-0.1, -0.05) is 13.8 Å². The molecule has 0 heterocycles. The minimum atomic E-state index is -3.05. The van der Waals surface area contributed by atoms with Crippen molar-refractivity contribution in [3.63, 3.8) is 0 Å². The van der Waals surface area contributed by atoms with E-state index in [2.05, 4.69) is 19.2 Å². The second-order valence-corrected chi connectivity index (χ2v) is 8.21. The minimum absolute atomic E-state index is 0.199. The highest BCUT2D eigenvalue weighted by atomic mass is 32.2. The Hall–Kier alpha value is -0.130. The van der Waals surface area contributed by atoms with Gasteiger partial charge in [0.25, 0.3) is 0 Å². The molecular weight excluding hydrogens is 248 g/mol. The van der Waals surface area contributed by atoms with Gasteiger partial charge in [0.05, 0.1) is 5.75 Å². The summed E-state index contributed by atoms with van der Waals surface area (Å²) in [7, 11) is 0.121. The summed E-state index contributed by atoms with van der Waals surface area (Å²) in [5.41, 5.74) is 0. The van der Waals surface area contributed by atoms with E-state index >= 15 is 0 Å². The van der Waals surface area contributed by atoms with Crippen LogP contribution >= 0.6 is 0 Å². The Labute approximate surface area is 112 Å². The smallest absolute Gasteiger partial charge is 0.214 e. The van der Waals surface area contributed by atoms with Crippen LogP contribution in [0.15, 0.2) is 0 Å². The molecule has 0 aromatic carbocycles. The Bertz CT molecular complexity index is 331. The lowest BCUT2D eigenvalue weighted by Crippen LogP contribution is -2.38. The average molecular weight is 276 g/mol. The van der Waals surface area contributed by atoms with E-state index in [1.165, 1.54) is 30.0 Å². The summed E-state index contributed by atoms with van der Waals surface area (Å²) in [5, 5.41) is 3.39. The Morgan fingerprint density at radius 2 is 1.72 bits per heavy atom. The fourth-order valence-electron chi connectivity index (χ4n) is 2.56. The van der Waals surface area contributed by atoms with Gasteiger partial charge < -0.3 is 5.32 Å². The first-order valence-electron chi connectivity index (χ1n) is 6.96. The molecule has 4 nitrogen and oxygen atoms in total. The van der Waals surface area contributed by atoms with Crippen LogP contribution in [0.25, 0.3) is 0 Å². The van der Waals surface area contributed by atoms with Crippen LogP contribution in [0.2, 0.25) is 0 Å². The topological polar surface area (TPSA) is 49.4 Å². The summed E-state index contributed by atoms with van der Waals surface area (Å²) in [6.07, 6.45) is 4.92. The molecule has 0 atom stereocenters. The first kappa shape index (κ1) is 15.9. The van der Waals surface area contributed by atoms with E-state index in [1.807, 2.05) is 0 Å². The van der Waals surface area contributed by atoms with Crippen LogP contribution in [0.3, 0.4) is 0 Å². The molecule has 5 heteroatoms. The summed E-state index contributed by atoms with van der Waals surface area (Å²) in [6, 6.07) is 0.511. The predicted molar refractivity (Wildman–Crippen MR) is 76.1 cm³/mol. The lowest BCUT2D eigenvalue weighted by atomic mass is 9.80. The average Bonchev–Trinajstić information content (AvgIpc) is 2.29. The molecule has 0 aromatic heterocycles. The first-order chi connectivity index (χ1) is 8.33. The van der Waals surface area contributed by atoms with Gasteiger partial charge in [0.2, 0.25) is 10.0 Å². The molecule has 0 unspecified atom stereocenters. The zero-order valence-corrected chi connectivity index (χ0v) is 13.0. The summed E-state index contributed by atoms with van der Waals surface area (Å²) < 4.78 is 24.5. The van der Waals surface area contributed by atoms with Crippen molar-refractivity contribution in [1.29, 1.82) is 0 Å². The molecule has 0 amide bonds. The van der Waals surface area contributed by atoms with Crippen molar-refractivity contribution < 1.29 is 8.42 Å². The van der Waals surface area contributed by atoms with Crippen molar-refractivity contribution in [1.82, 2.24) is 9.62 Å². The Balaban J connectivity index is 2.23. The normalized spacial score (nSPS) is 25.9. The summed E-state index contributed by atoms with van der Waals surface area (Å²) in [4.78, 5) is 0. The molecule has 1 fully saturated rings. The zero-order valence-electron chi connectivity index (χ0n) is 12.1. The van der Waals surface area contributed by atoms with Crippen LogP contribution in [-0.2, 0) is 10.0 Å². The number of hydrogen-bond donors (Lipinski definition) is 1. The molecule has 0 aromatic rings. The number of hydrogen-bond acceptors (Lipinski definition) is 3. The molecule has 0 saturated heterocycles. The Kier molecular flexibility index (Phi) is 6.08. The third kappa shape index (κ3) is 4.86. The SMILES string of the molecule is CC(C)C1CCC(NCCS(=O)(=O)N(C)C)CC1. The molecule has 108 valence electrons. The molecule has 0 radical (unpaired) electrons. The molecule has 1 saturated carbocycles. The molecule has 0 bridgehead atoms. The zero-order chi connectivity index (χ0) is 13.8. The van der Waals surface area contributed by atoms with Gasteiger partial charge in [-0.05, 0) is 37.5 Å². The molecule has 0 aliphatic heterocycles. The van der Waals surface area contributed by atoms with Crippen LogP contribution in [0.4, 0.5) is 0 Å². The summed E-state index contributed by atoms with van der Waals surface area (Å²) in [6.45, 7) is 5.15. The van der Waals surface area contributed by atoms with Crippen LogP contribution in [-0.4, -0.2) is 45.2 Å². The highest BCUT2D eigenvalue weighted by Gasteiger charge is 2.23. The molecule has 18 heavy (non-hydrogen) atoms. The van der Waals surface area contributed by atoms with Gasteiger partial charge in [0, 0.05) is 26.7 Å². The predicted octanol–water partition coefficient (Wildman–Crippen LogP) is 1.68. The van der Waals surface area contributed by atoms with E-state index in [-0.39, 0.29) is 5.75 Å². The fourth-order valence-corrected chi connectivity index (χ4v) is 3.31. The maximum atomic E-state index is 11.6. The van der Waals surface area contributed by atoms with Gasteiger partial charge in [-0.25, -0.2) is 12.7 Å². The third-order valence-corrected chi connectivity index (χ3v) is 5.90. The van der Waals surface area contributed by atoms with Gasteiger partial charge >= 0.3 is 0 Å². The molecule has 1 aliphatic rings. The van der Waals surface area contributed by atoms with Gasteiger partial charge in [0.1, 0.15) is 0 Å². The van der Waals surface area contributed by atoms with Crippen molar-refractivity contribution in [2.45, 2.75) is 45.6 Å². The van der Waals surface area contributed by atoms with Crippen molar-refractivity contribution >= 4 is 10.0 Å². The third-order valence-electron chi connectivity index (χ3n) is 4.06. The lowest BCUT2D eigenvalue weighted by molar-refractivity contribution is 0.240. The van der Waals surface area contributed by atoms with Gasteiger partial charge in [-0.3, -0.25) is 0 Å². The Morgan fingerprint density at radius 3 is 2.17 bits per heavy atom. The highest BCUT2D eigenvalue weighted by molar-refractivity contribution is 7.89. The summed E-state index contributed by atoms with van der Waals surface area (Å²) in [5.74, 6) is 1.83. The molecule has 1 N–H and O–H groups in total. The standard InChI is InChI=1S/C13H28N2O2S/c1-11(2)12-5-7-13(8-6-12)14-9-10-18(16,17)15(3)4/h11-14H,5-10H2,1-4H3. The van der Waals surface area contributed by atoms with E-state index < -0.39 is 10.0 Å². The number of rotatable bonds is 6. The quantitative estimate of drug-likeness (QED) is 0.803. The second-order valence-electron chi connectivity index (χ2n) is 5.91. The first-order valence-corrected chi connectivity index (χ1v) is 8.57. The van der Waals surface area contributed by atoms with Crippen molar-refractivity contribution in [3.05, 3.63) is 0 Å². The largest absolute Gasteiger partial charge is 0.313 e. The van der Waals surface area contributed by atoms with Crippen LogP contribution in [0.1, 0.15) is 39.5 Å². The molecule has 1 rings (SSSR count). The van der Waals surface area contributed by atoms with Crippen LogP contribution in [0, 0.1) is 11.8 Å². The van der Waals surface area contributed by atoms with Gasteiger partial charge in [-0.2, -0.15) is 0 Å². The molecule has 1 aliphatic carbocycles. The second kappa shape index (κ2) is 6.87. The number of nitrogens with zero attached hydrogens (tertiary/aromatic N) is 1. The van der Waals surface area contributed by atoms with Gasteiger partial charge in [-0.15, -0.1) is 0 Å². The molecular formula is C13H28N2O2S. The van der Waals surface area contributed by atoms with Crippen molar-refractivity contribution in [2.75, 3.05) is 26.4 Å². The van der Waals surface area contributed by atoms with Gasteiger partial charge in [0.15, 0.2) is 0 Å². The minimum Gasteiger partial charge on any atom is -0.313 e. The molecule has 0 spiro atoms. The monoisotopic (exact) mass is 276 g/mol. The Morgan fingerprint density at radius 1 is 1.17 bits per heavy atom. The van der Waals surface area contributed by atoms with E-state index in [0.717, 1.165) is 11.8 Å². The van der Waals surface area contributed by atoms with E-state index in [4.69, 9.17) is 0 Å². The van der Waals surface area contributed by atoms with Crippen molar-refractivity contribution in [2.24, 2.45) is 11.8 Å². The lowest BCUT2D eigenvalue weighted by Gasteiger charge is -2.31.